The Bertz CT molecular complexity index is 816. The molecular weight excluding hydrogens is 356 g/mol. The lowest BCUT2D eigenvalue weighted by Gasteiger charge is -2.32. The number of para-hydroxylation sites is 1. The molecule has 2 atom stereocenters. The molecule has 27 heavy (non-hydrogen) atoms. The summed E-state index contributed by atoms with van der Waals surface area (Å²) >= 11 is 0. The molecule has 0 saturated heterocycles. The summed E-state index contributed by atoms with van der Waals surface area (Å²) in [5.41, 5.74) is -0.211. The standard InChI is InChI=1S/C18H20N2O7/c1-4-25-17(21)13-10(3)27-16(19)15(18(22)26-5-2)14(13)11-8-6-7-9-12(11)20(23)24/h6-9,14-15,19H,4-5H2,1-3H3. The highest BCUT2D eigenvalue weighted by Gasteiger charge is 2.47. The third-order valence-corrected chi connectivity index (χ3v) is 4.07. The molecule has 1 aliphatic heterocycles. The van der Waals surface area contributed by atoms with Crippen LogP contribution in [0.25, 0.3) is 0 Å². The maximum Gasteiger partial charge on any atom is 0.338 e. The predicted octanol–water partition coefficient (Wildman–Crippen LogP) is 2.70. The molecule has 0 bridgehead atoms. The zero-order valence-corrected chi connectivity index (χ0v) is 15.2. The van der Waals surface area contributed by atoms with Gasteiger partial charge in [0.2, 0.25) is 5.90 Å². The Labute approximate surface area is 155 Å². The largest absolute Gasteiger partial charge is 0.465 e. The summed E-state index contributed by atoms with van der Waals surface area (Å²) in [6.45, 7) is 4.77. The monoisotopic (exact) mass is 376 g/mol. The van der Waals surface area contributed by atoms with Crippen molar-refractivity contribution in [2.24, 2.45) is 5.92 Å². The van der Waals surface area contributed by atoms with E-state index in [1.54, 1.807) is 19.9 Å². The molecule has 9 nitrogen and oxygen atoms in total. The number of nitrogens with zero attached hydrogens (tertiary/aromatic N) is 1. The highest BCUT2D eigenvalue weighted by Crippen LogP contribution is 2.43. The molecular formula is C18H20N2O7. The second-order valence-electron chi connectivity index (χ2n) is 5.68. The molecule has 0 aliphatic carbocycles. The number of hydrogen-bond donors (Lipinski definition) is 1. The first-order chi connectivity index (χ1) is 12.8. The van der Waals surface area contributed by atoms with Crippen LogP contribution in [0.2, 0.25) is 0 Å². The van der Waals surface area contributed by atoms with Crippen molar-refractivity contribution in [2.75, 3.05) is 13.2 Å². The summed E-state index contributed by atoms with van der Waals surface area (Å²) in [6.07, 6.45) is 0. The number of carbonyl (C=O) groups is 2. The number of esters is 2. The smallest absolute Gasteiger partial charge is 0.338 e. The van der Waals surface area contributed by atoms with Gasteiger partial charge in [-0.25, -0.2) is 4.79 Å². The molecule has 0 aromatic heterocycles. The van der Waals surface area contributed by atoms with Gasteiger partial charge in [0.15, 0.2) is 0 Å². The van der Waals surface area contributed by atoms with Crippen LogP contribution in [-0.4, -0.2) is 36.0 Å². The Kier molecular flexibility index (Phi) is 6.27. The van der Waals surface area contributed by atoms with Crippen molar-refractivity contribution in [1.82, 2.24) is 0 Å². The minimum atomic E-state index is -1.34. The Morgan fingerprint density at radius 1 is 1.22 bits per heavy atom. The topological polar surface area (TPSA) is 129 Å². The van der Waals surface area contributed by atoms with Crippen LogP contribution in [0.1, 0.15) is 32.3 Å². The van der Waals surface area contributed by atoms with E-state index in [0.717, 1.165) is 0 Å². The number of benzene rings is 1. The van der Waals surface area contributed by atoms with Crippen LogP contribution >= 0.6 is 0 Å². The van der Waals surface area contributed by atoms with E-state index in [2.05, 4.69) is 0 Å². The van der Waals surface area contributed by atoms with E-state index < -0.39 is 34.6 Å². The first-order valence-electron chi connectivity index (χ1n) is 8.37. The van der Waals surface area contributed by atoms with E-state index in [0.29, 0.717) is 0 Å². The number of ether oxygens (including phenoxy) is 3. The first kappa shape index (κ1) is 20.1. The van der Waals surface area contributed by atoms with Gasteiger partial charge in [0.1, 0.15) is 11.7 Å². The van der Waals surface area contributed by atoms with Gasteiger partial charge in [-0.15, -0.1) is 0 Å². The fourth-order valence-corrected chi connectivity index (χ4v) is 3.03. The van der Waals surface area contributed by atoms with Gasteiger partial charge in [-0.2, -0.15) is 0 Å². The third-order valence-electron chi connectivity index (χ3n) is 4.07. The van der Waals surface area contributed by atoms with Gasteiger partial charge in [-0.3, -0.25) is 20.3 Å². The minimum absolute atomic E-state index is 0.0415. The highest BCUT2D eigenvalue weighted by molar-refractivity contribution is 6.04. The number of nitro groups is 1. The molecule has 2 unspecified atom stereocenters. The zero-order valence-electron chi connectivity index (χ0n) is 15.2. The SMILES string of the molecule is CCOC(=O)C1=C(C)OC(=N)C(C(=O)OCC)C1c1ccccc1[N+](=O)[O-]. The molecule has 1 N–H and O–H groups in total. The van der Waals surface area contributed by atoms with Crippen molar-refractivity contribution < 1.29 is 28.7 Å². The summed E-state index contributed by atoms with van der Waals surface area (Å²) in [4.78, 5) is 36.0. The van der Waals surface area contributed by atoms with Gasteiger partial charge in [0, 0.05) is 17.5 Å². The number of allylic oxidation sites excluding steroid dienone is 1. The van der Waals surface area contributed by atoms with E-state index in [1.165, 1.54) is 25.1 Å². The number of hydrogen-bond acceptors (Lipinski definition) is 8. The second-order valence-corrected chi connectivity index (χ2v) is 5.68. The summed E-state index contributed by atoms with van der Waals surface area (Å²) in [5, 5.41) is 19.6. The molecule has 1 heterocycles. The van der Waals surface area contributed by atoms with Crippen molar-refractivity contribution in [3.63, 3.8) is 0 Å². The maximum absolute atomic E-state index is 12.6. The maximum atomic E-state index is 12.6. The van der Waals surface area contributed by atoms with Crippen molar-refractivity contribution in [1.29, 1.82) is 5.41 Å². The lowest BCUT2D eigenvalue weighted by molar-refractivity contribution is -0.385. The van der Waals surface area contributed by atoms with E-state index in [4.69, 9.17) is 19.6 Å². The van der Waals surface area contributed by atoms with Crippen LogP contribution in [0.5, 0.6) is 0 Å². The van der Waals surface area contributed by atoms with Crippen molar-refractivity contribution in [3.8, 4) is 0 Å². The summed E-state index contributed by atoms with van der Waals surface area (Å²) in [7, 11) is 0. The number of nitro benzene ring substituents is 1. The summed E-state index contributed by atoms with van der Waals surface area (Å²) in [5.74, 6) is -4.43. The number of carbonyl (C=O) groups excluding carboxylic acids is 2. The molecule has 0 saturated carbocycles. The lowest BCUT2D eigenvalue weighted by Crippen LogP contribution is -2.39. The van der Waals surface area contributed by atoms with Gasteiger partial charge in [0.05, 0.1) is 23.7 Å². The lowest BCUT2D eigenvalue weighted by atomic mass is 9.77. The van der Waals surface area contributed by atoms with Crippen LogP contribution in [-0.2, 0) is 23.8 Å². The van der Waals surface area contributed by atoms with Gasteiger partial charge in [-0.1, -0.05) is 18.2 Å². The average Bonchev–Trinajstić information content (AvgIpc) is 2.61. The first-order valence-corrected chi connectivity index (χ1v) is 8.37. The third kappa shape index (κ3) is 3.97. The molecule has 9 heteroatoms. The quantitative estimate of drug-likeness (QED) is 0.459. The van der Waals surface area contributed by atoms with Crippen molar-refractivity contribution in [3.05, 3.63) is 51.3 Å². The fourth-order valence-electron chi connectivity index (χ4n) is 3.03. The van der Waals surface area contributed by atoms with Gasteiger partial charge in [0.25, 0.3) is 5.69 Å². The van der Waals surface area contributed by atoms with E-state index >= 15 is 0 Å². The predicted molar refractivity (Wildman–Crippen MR) is 94.1 cm³/mol. The van der Waals surface area contributed by atoms with E-state index in [1.807, 2.05) is 0 Å². The molecule has 1 aromatic carbocycles. The van der Waals surface area contributed by atoms with Crippen molar-refractivity contribution in [2.45, 2.75) is 26.7 Å². The van der Waals surface area contributed by atoms with Crippen LogP contribution in [0.15, 0.2) is 35.6 Å². The second kappa shape index (κ2) is 8.43. The van der Waals surface area contributed by atoms with Gasteiger partial charge >= 0.3 is 11.9 Å². The van der Waals surface area contributed by atoms with Crippen LogP contribution in [0.3, 0.4) is 0 Å². The Morgan fingerprint density at radius 3 is 2.44 bits per heavy atom. The van der Waals surface area contributed by atoms with Crippen molar-refractivity contribution >= 4 is 23.5 Å². The number of rotatable bonds is 6. The highest BCUT2D eigenvalue weighted by atomic mass is 16.6. The molecule has 144 valence electrons. The zero-order chi connectivity index (χ0) is 20.1. The average molecular weight is 376 g/mol. The Hall–Kier alpha value is -3.23. The molecule has 0 spiro atoms. The molecule has 0 fully saturated rings. The Morgan fingerprint density at radius 2 is 1.85 bits per heavy atom. The van der Waals surface area contributed by atoms with Gasteiger partial charge < -0.3 is 14.2 Å². The molecule has 0 radical (unpaired) electrons. The summed E-state index contributed by atoms with van der Waals surface area (Å²) in [6, 6.07) is 5.75. The molecule has 1 aromatic rings. The number of nitrogens with one attached hydrogen (secondary N) is 1. The van der Waals surface area contributed by atoms with Crippen LogP contribution < -0.4 is 0 Å². The van der Waals surface area contributed by atoms with Crippen LogP contribution in [0, 0.1) is 21.4 Å². The molecule has 2 rings (SSSR count). The van der Waals surface area contributed by atoms with E-state index in [9.17, 15) is 19.7 Å². The normalized spacial score (nSPS) is 19.3. The minimum Gasteiger partial charge on any atom is -0.465 e. The van der Waals surface area contributed by atoms with Crippen LogP contribution in [0.4, 0.5) is 5.69 Å². The van der Waals surface area contributed by atoms with E-state index in [-0.39, 0.29) is 35.8 Å². The Balaban J connectivity index is 2.73. The summed E-state index contributed by atoms with van der Waals surface area (Å²) < 4.78 is 15.4. The fraction of sp³-hybridized carbons (Fsp3) is 0.389. The van der Waals surface area contributed by atoms with Gasteiger partial charge in [-0.05, 0) is 20.8 Å². The molecule has 1 aliphatic rings. The molecule has 0 amide bonds.